The van der Waals surface area contributed by atoms with Crippen molar-refractivity contribution in [3.63, 3.8) is 0 Å². The van der Waals surface area contributed by atoms with Crippen LogP contribution in [0.25, 0.3) is 0 Å². The van der Waals surface area contributed by atoms with E-state index in [1.807, 2.05) is 0 Å². The van der Waals surface area contributed by atoms with Crippen molar-refractivity contribution in [1.29, 1.82) is 0 Å². The molecule has 0 aromatic heterocycles. The number of hydrogen-bond acceptors (Lipinski definition) is 3. The molecule has 0 radical (unpaired) electrons. The van der Waals surface area contributed by atoms with Gasteiger partial charge in [-0.05, 0) is 55.8 Å². The van der Waals surface area contributed by atoms with Gasteiger partial charge in [0, 0.05) is 12.3 Å². The first-order chi connectivity index (χ1) is 9.20. The zero-order valence-electron chi connectivity index (χ0n) is 13.2. The van der Waals surface area contributed by atoms with Crippen molar-refractivity contribution in [2.24, 2.45) is 22.7 Å². The number of rotatable bonds is 0. The van der Waals surface area contributed by atoms with Crippen LogP contribution in [-0.4, -0.2) is 22.8 Å². The van der Waals surface area contributed by atoms with E-state index in [1.165, 1.54) is 0 Å². The first-order valence-corrected chi connectivity index (χ1v) is 8.10. The number of fused-ring (bicyclic) bond motifs is 3. The Bertz CT molecular complexity index is 430. The molecule has 5 unspecified atom stereocenters. The van der Waals surface area contributed by atoms with Gasteiger partial charge in [0.05, 0.1) is 6.10 Å². The van der Waals surface area contributed by atoms with Gasteiger partial charge in [-0.2, -0.15) is 0 Å². The van der Waals surface area contributed by atoms with Crippen molar-refractivity contribution in [1.82, 2.24) is 0 Å². The fraction of sp³-hybridized carbons (Fsp3) is 0.941. The minimum absolute atomic E-state index is 0.0269. The summed E-state index contributed by atoms with van der Waals surface area (Å²) in [7, 11) is 0. The third-order valence-electron chi connectivity index (χ3n) is 6.96. The number of aliphatic hydroxyl groups is 1. The molecule has 2 saturated carbocycles. The Labute approximate surface area is 122 Å². The highest BCUT2D eigenvalue weighted by molar-refractivity contribution is 5.71. The Morgan fingerprint density at radius 2 is 1.75 bits per heavy atom. The van der Waals surface area contributed by atoms with Crippen LogP contribution in [0.2, 0.25) is 0 Å². The second kappa shape index (κ2) is 4.22. The van der Waals surface area contributed by atoms with Crippen molar-refractivity contribution in [2.45, 2.75) is 77.9 Å². The molecule has 3 nitrogen and oxygen atoms in total. The van der Waals surface area contributed by atoms with Gasteiger partial charge in [-0.1, -0.05) is 20.8 Å². The first kappa shape index (κ1) is 14.4. The summed E-state index contributed by atoms with van der Waals surface area (Å²) in [6.07, 6.45) is 5.25. The van der Waals surface area contributed by atoms with Crippen LogP contribution in [0.1, 0.15) is 66.2 Å². The number of aliphatic hydroxyl groups excluding tert-OH is 1. The van der Waals surface area contributed by atoms with Crippen molar-refractivity contribution < 1.29 is 14.6 Å². The first-order valence-electron chi connectivity index (χ1n) is 8.10. The quantitative estimate of drug-likeness (QED) is 0.693. The Balaban J connectivity index is 1.97. The minimum Gasteiger partial charge on any atom is -0.459 e. The number of ether oxygens (including phenoxy) is 1. The minimum atomic E-state index is -0.279. The summed E-state index contributed by atoms with van der Waals surface area (Å²) >= 11 is 0. The van der Waals surface area contributed by atoms with Crippen LogP contribution in [0.3, 0.4) is 0 Å². The van der Waals surface area contributed by atoms with Crippen molar-refractivity contribution in [2.75, 3.05) is 0 Å². The van der Waals surface area contributed by atoms with E-state index in [-0.39, 0.29) is 28.5 Å². The van der Waals surface area contributed by atoms with Crippen LogP contribution in [-0.2, 0) is 9.53 Å². The van der Waals surface area contributed by atoms with Gasteiger partial charge >= 0.3 is 5.97 Å². The van der Waals surface area contributed by atoms with Crippen molar-refractivity contribution in [3.8, 4) is 0 Å². The van der Waals surface area contributed by atoms with Gasteiger partial charge in [-0.15, -0.1) is 0 Å². The highest BCUT2D eigenvalue weighted by atomic mass is 16.6. The van der Waals surface area contributed by atoms with Crippen LogP contribution in [0.5, 0.6) is 0 Å². The Hall–Kier alpha value is -0.570. The van der Waals surface area contributed by atoms with E-state index >= 15 is 0 Å². The summed E-state index contributed by atoms with van der Waals surface area (Å²) in [5.74, 6) is 0.938. The van der Waals surface area contributed by atoms with Crippen LogP contribution in [0.4, 0.5) is 0 Å². The summed E-state index contributed by atoms with van der Waals surface area (Å²) in [5, 5.41) is 10.4. The summed E-state index contributed by atoms with van der Waals surface area (Å²) in [4.78, 5) is 11.7. The highest BCUT2D eigenvalue weighted by Crippen LogP contribution is 2.64. The lowest BCUT2D eigenvalue weighted by Crippen LogP contribution is -2.62. The molecular formula is C17H28O3. The van der Waals surface area contributed by atoms with Gasteiger partial charge in [-0.25, -0.2) is 0 Å². The molecule has 2 aliphatic carbocycles. The number of carbonyl (C=O) groups excluding carboxylic acids is 1. The highest BCUT2D eigenvalue weighted by Gasteiger charge is 2.62. The molecule has 0 bridgehead atoms. The molecule has 114 valence electrons. The average molecular weight is 280 g/mol. The molecule has 1 N–H and O–H groups in total. The second-order valence-electron chi connectivity index (χ2n) is 8.35. The third kappa shape index (κ3) is 1.78. The molecule has 0 spiro atoms. The van der Waals surface area contributed by atoms with E-state index in [1.54, 1.807) is 0 Å². The maximum Gasteiger partial charge on any atom is 0.306 e. The predicted octanol–water partition coefficient (Wildman–Crippen LogP) is 3.30. The molecule has 0 aromatic carbocycles. The van der Waals surface area contributed by atoms with E-state index in [4.69, 9.17) is 4.74 Å². The van der Waals surface area contributed by atoms with Gasteiger partial charge < -0.3 is 9.84 Å². The fourth-order valence-electron chi connectivity index (χ4n) is 5.83. The number of carbonyl (C=O) groups is 1. The van der Waals surface area contributed by atoms with Gasteiger partial charge in [0.2, 0.25) is 0 Å². The standard InChI is InChI=1S/C17H28O3/c1-15(2)11-7-10-17(4)12(5-6-14(19)20-17)16(11,3)9-8-13(15)18/h11-13,18H,5-10H2,1-4H3. The molecule has 0 aromatic rings. The Kier molecular flexibility index (Phi) is 3.03. The lowest BCUT2D eigenvalue weighted by molar-refractivity contribution is -0.226. The van der Waals surface area contributed by atoms with Gasteiger partial charge in [-0.3, -0.25) is 4.79 Å². The summed E-state index contributed by atoms with van der Waals surface area (Å²) in [5.41, 5.74) is -0.120. The molecule has 1 aliphatic heterocycles. The maximum absolute atomic E-state index is 11.7. The van der Waals surface area contributed by atoms with E-state index in [2.05, 4.69) is 27.7 Å². The zero-order chi connectivity index (χ0) is 14.8. The molecule has 1 heterocycles. The van der Waals surface area contributed by atoms with Crippen LogP contribution in [0, 0.1) is 22.7 Å². The van der Waals surface area contributed by atoms with E-state index in [0.717, 1.165) is 32.1 Å². The van der Waals surface area contributed by atoms with Crippen LogP contribution < -0.4 is 0 Å². The Morgan fingerprint density at radius 3 is 2.45 bits per heavy atom. The summed E-state index contributed by atoms with van der Waals surface area (Å²) in [6.45, 7) is 8.95. The molecule has 20 heavy (non-hydrogen) atoms. The topological polar surface area (TPSA) is 46.5 Å². The summed E-state index contributed by atoms with van der Waals surface area (Å²) < 4.78 is 5.79. The van der Waals surface area contributed by atoms with Crippen LogP contribution >= 0.6 is 0 Å². The van der Waals surface area contributed by atoms with Crippen LogP contribution in [0.15, 0.2) is 0 Å². The summed E-state index contributed by atoms with van der Waals surface area (Å²) in [6, 6.07) is 0. The molecule has 3 heteroatoms. The van der Waals surface area contributed by atoms with E-state index in [0.29, 0.717) is 18.3 Å². The Morgan fingerprint density at radius 1 is 1.05 bits per heavy atom. The molecule has 5 atom stereocenters. The molecular weight excluding hydrogens is 252 g/mol. The lowest BCUT2D eigenvalue weighted by atomic mass is 9.44. The second-order valence-corrected chi connectivity index (χ2v) is 8.35. The molecule has 3 aliphatic rings. The van der Waals surface area contributed by atoms with Gasteiger partial charge in [0.1, 0.15) is 5.60 Å². The number of esters is 1. The average Bonchev–Trinajstić information content (AvgIpc) is 2.33. The largest absolute Gasteiger partial charge is 0.459 e. The maximum atomic E-state index is 11.7. The monoisotopic (exact) mass is 280 g/mol. The molecule has 3 rings (SSSR count). The number of hydrogen-bond donors (Lipinski definition) is 1. The molecule has 0 amide bonds. The van der Waals surface area contributed by atoms with Crippen molar-refractivity contribution in [3.05, 3.63) is 0 Å². The normalized spacial score (nSPS) is 50.9. The van der Waals surface area contributed by atoms with Crippen molar-refractivity contribution >= 4 is 5.97 Å². The zero-order valence-corrected chi connectivity index (χ0v) is 13.2. The third-order valence-corrected chi connectivity index (χ3v) is 6.96. The fourth-order valence-corrected chi connectivity index (χ4v) is 5.83. The lowest BCUT2D eigenvalue weighted by Gasteiger charge is -2.63. The molecule has 1 saturated heterocycles. The van der Waals surface area contributed by atoms with E-state index < -0.39 is 0 Å². The SMILES string of the molecule is CC12CCC3C(C)(C)C(O)CCC3(C)C1CCC(=O)O2. The molecule has 3 fully saturated rings. The van der Waals surface area contributed by atoms with E-state index in [9.17, 15) is 9.90 Å². The van der Waals surface area contributed by atoms with Gasteiger partial charge in [0.25, 0.3) is 0 Å². The smallest absolute Gasteiger partial charge is 0.306 e. The van der Waals surface area contributed by atoms with Gasteiger partial charge in [0.15, 0.2) is 0 Å². The predicted molar refractivity (Wildman–Crippen MR) is 77.1 cm³/mol.